The minimum atomic E-state index is -0.0808. The molecule has 0 heterocycles. The molecule has 2 rings (SSSR count). The zero-order valence-corrected chi connectivity index (χ0v) is 11.1. The van der Waals surface area contributed by atoms with E-state index in [4.69, 9.17) is 0 Å². The Kier molecular flexibility index (Phi) is 3.68. The van der Waals surface area contributed by atoms with Crippen LogP contribution in [0.5, 0.6) is 0 Å². The molecular weight excluding hydrogens is 266 g/mol. The van der Waals surface area contributed by atoms with Crippen LogP contribution in [-0.2, 0) is 24.1 Å². The van der Waals surface area contributed by atoms with Gasteiger partial charge in [-0.2, -0.15) is 0 Å². The van der Waals surface area contributed by atoms with Crippen molar-refractivity contribution in [2.24, 2.45) is 0 Å². The Bertz CT molecular complexity index is 346. The summed E-state index contributed by atoms with van der Waals surface area (Å²) in [7, 11) is 0. The molecule has 0 saturated heterocycles. The zero-order chi connectivity index (χ0) is 9.80. The first-order chi connectivity index (χ1) is 6.88. The number of rotatable bonds is 2. The van der Waals surface area contributed by atoms with Crippen LogP contribution in [0.25, 0.3) is 0 Å². The molecule has 0 fully saturated rings. The van der Waals surface area contributed by atoms with Gasteiger partial charge in [0.05, 0.1) is 0 Å². The van der Waals surface area contributed by atoms with Crippen LogP contribution in [0.2, 0.25) is 0 Å². The van der Waals surface area contributed by atoms with Crippen molar-refractivity contribution in [2.45, 2.75) is 0 Å². The second-order valence-electron chi connectivity index (χ2n) is 3.01. The molecule has 2 aromatic carbocycles. The van der Waals surface area contributed by atoms with E-state index in [1.54, 1.807) is 24.1 Å². The fourth-order valence-corrected chi connectivity index (χ4v) is 4.74. The Morgan fingerprint density at radius 3 is 1.36 bits per heavy atom. The van der Waals surface area contributed by atoms with Crippen molar-refractivity contribution in [3.63, 3.8) is 0 Å². The maximum atomic E-state index is 2.23. The molecule has 14 heavy (non-hydrogen) atoms. The summed E-state index contributed by atoms with van der Waals surface area (Å²) in [6.07, 6.45) is 0. The van der Waals surface area contributed by atoms with Gasteiger partial charge in [0.25, 0.3) is 0 Å². The molecule has 2 heteroatoms. The average molecular weight is 276 g/mol. The van der Waals surface area contributed by atoms with E-state index in [1.807, 2.05) is 0 Å². The molecule has 0 aliphatic carbocycles. The van der Waals surface area contributed by atoms with Crippen molar-refractivity contribution in [3.8, 4) is 0 Å². The third-order valence-electron chi connectivity index (χ3n) is 2.03. The summed E-state index contributed by atoms with van der Waals surface area (Å²) in [6.45, 7) is 0. The average Bonchev–Trinajstić information content (AvgIpc) is 2.30. The van der Waals surface area contributed by atoms with E-state index in [0.717, 1.165) is 0 Å². The normalized spacial score (nSPS) is 10.3. The van der Waals surface area contributed by atoms with Crippen LogP contribution in [0, 0.1) is 0 Å². The summed E-state index contributed by atoms with van der Waals surface area (Å²) < 4.78 is 0. The summed E-state index contributed by atoms with van der Waals surface area (Å²) >= 11 is 1.61. The van der Waals surface area contributed by atoms with Crippen LogP contribution >= 0.6 is 5.21 Å². The van der Waals surface area contributed by atoms with Gasteiger partial charge in [0.2, 0.25) is 0 Å². The van der Waals surface area contributed by atoms with Crippen LogP contribution in [0.1, 0.15) is 0 Å². The second kappa shape index (κ2) is 5.01. The summed E-state index contributed by atoms with van der Waals surface area (Å²) in [5.74, 6) is 0. The Morgan fingerprint density at radius 1 is 0.643 bits per heavy atom. The molecule has 2 aromatic rings. The van der Waals surface area contributed by atoms with E-state index >= 15 is 0 Å². The zero-order valence-electron chi connectivity index (χ0n) is 7.72. The van der Waals surface area contributed by atoms with Gasteiger partial charge in [-0.15, -0.1) is 0 Å². The summed E-state index contributed by atoms with van der Waals surface area (Å²) in [4.78, 5) is 0. The monoisotopic (exact) mass is 275 g/mol. The topological polar surface area (TPSA) is 0 Å². The van der Waals surface area contributed by atoms with Crippen molar-refractivity contribution < 1.29 is 24.1 Å². The predicted octanol–water partition coefficient (Wildman–Crippen LogP) is 2.58. The van der Waals surface area contributed by atoms with Gasteiger partial charge in [-0.3, -0.25) is 0 Å². The Labute approximate surface area is 100 Å². The van der Waals surface area contributed by atoms with E-state index in [1.165, 1.54) is 10.6 Å². The van der Waals surface area contributed by atoms with E-state index in [9.17, 15) is 0 Å². The molecular formula is C12H10PZr. The third-order valence-corrected chi connectivity index (χ3v) is 7.47. The minimum absolute atomic E-state index is 0.0808. The van der Waals surface area contributed by atoms with Crippen LogP contribution in [0.3, 0.4) is 0 Å². The summed E-state index contributed by atoms with van der Waals surface area (Å²) in [6, 6.07) is 21.6. The first kappa shape index (κ1) is 10.3. The molecule has 0 aliphatic heterocycles. The molecule has 0 saturated carbocycles. The SMILES string of the molecule is [Zr][P](c1ccccc1)c1ccccc1. The van der Waals surface area contributed by atoms with Gasteiger partial charge >= 0.3 is 101 Å². The standard InChI is InChI=1S/C12H10P.Zr/c1-3-7-11(8-4-1)13-12-9-5-2-6-10-12;/h1-10H;/q-1;+1. The maximum absolute atomic E-state index is 2.23. The molecule has 0 aliphatic rings. The molecule has 0 unspecified atom stereocenters. The number of benzene rings is 2. The van der Waals surface area contributed by atoms with Gasteiger partial charge in [0, 0.05) is 0 Å². The summed E-state index contributed by atoms with van der Waals surface area (Å²) in [5.41, 5.74) is 0. The van der Waals surface area contributed by atoms with Crippen LogP contribution in [0.4, 0.5) is 0 Å². The Hall–Kier alpha value is -0.247. The van der Waals surface area contributed by atoms with E-state index in [-0.39, 0.29) is 5.21 Å². The fraction of sp³-hybridized carbons (Fsp3) is 0. The Morgan fingerprint density at radius 2 is 1.00 bits per heavy atom. The molecule has 0 nitrogen and oxygen atoms in total. The van der Waals surface area contributed by atoms with E-state index in [2.05, 4.69) is 60.7 Å². The Balaban J connectivity index is 2.30. The van der Waals surface area contributed by atoms with Crippen molar-refractivity contribution in [1.29, 1.82) is 0 Å². The van der Waals surface area contributed by atoms with Gasteiger partial charge in [0.15, 0.2) is 0 Å². The predicted molar refractivity (Wildman–Crippen MR) is 59.1 cm³/mol. The fourth-order valence-electron chi connectivity index (χ4n) is 1.30. The van der Waals surface area contributed by atoms with Crippen molar-refractivity contribution >= 4 is 15.8 Å². The molecule has 67 valence electrons. The van der Waals surface area contributed by atoms with Crippen LogP contribution in [0.15, 0.2) is 60.7 Å². The quantitative estimate of drug-likeness (QED) is 0.740. The van der Waals surface area contributed by atoms with Crippen LogP contribution in [-0.4, -0.2) is 0 Å². The van der Waals surface area contributed by atoms with Gasteiger partial charge in [-0.25, -0.2) is 0 Å². The first-order valence-electron chi connectivity index (χ1n) is 4.49. The molecule has 0 spiro atoms. The van der Waals surface area contributed by atoms with Gasteiger partial charge in [0.1, 0.15) is 0 Å². The molecule has 0 atom stereocenters. The third kappa shape index (κ3) is 2.41. The molecule has 0 radical (unpaired) electrons. The van der Waals surface area contributed by atoms with Gasteiger partial charge in [-0.05, 0) is 0 Å². The van der Waals surface area contributed by atoms with Gasteiger partial charge in [-0.1, -0.05) is 0 Å². The summed E-state index contributed by atoms with van der Waals surface area (Å²) in [5, 5.41) is 2.88. The van der Waals surface area contributed by atoms with E-state index in [0.29, 0.717) is 0 Å². The molecule has 0 aromatic heterocycles. The number of hydrogen-bond acceptors (Lipinski definition) is 0. The van der Waals surface area contributed by atoms with Crippen molar-refractivity contribution in [3.05, 3.63) is 60.7 Å². The van der Waals surface area contributed by atoms with Crippen molar-refractivity contribution in [2.75, 3.05) is 0 Å². The molecule has 0 amide bonds. The van der Waals surface area contributed by atoms with Crippen LogP contribution < -0.4 is 10.6 Å². The van der Waals surface area contributed by atoms with Crippen molar-refractivity contribution in [1.82, 2.24) is 0 Å². The molecule has 0 bridgehead atoms. The molecule has 0 N–H and O–H groups in total. The second-order valence-corrected chi connectivity index (χ2v) is 8.01. The van der Waals surface area contributed by atoms with Gasteiger partial charge < -0.3 is 0 Å². The van der Waals surface area contributed by atoms with E-state index < -0.39 is 0 Å². The first-order valence-corrected chi connectivity index (χ1v) is 9.13. The number of hydrogen-bond donors (Lipinski definition) is 0.